The van der Waals surface area contributed by atoms with E-state index in [1.807, 2.05) is 6.92 Å². The zero-order chi connectivity index (χ0) is 14.3. The molecule has 1 saturated heterocycles. The summed E-state index contributed by atoms with van der Waals surface area (Å²) in [6.07, 6.45) is 2.50. The topological polar surface area (TPSA) is 92.3 Å². The fourth-order valence-corrected chi connectivity index (χ4v) is 3.24. The van der Waals surface area contributed by atoms with Crippen molar-refractivity contribution < 1.29 is 9.32 Å². The Morgan fingerprint density at radius 1 is 1.50 bits per heavy atom. The van der Waals surface area contributed by atoms with Crippen LogP contribution in [0.2, 0.25) is 0 Å². The lowest BCUT2D eigenvalue weighted by molar-refractivity contribution is -0.886. The molecule has 0 amide bonds. The standard InChI is InChI=1S/C14H19N5O/c1-3-10-17-11-13(20-10)18-12(16)9(8-15)14(11)4-6-19(2)7-5-14/h18H,3-7,16H2,1-2H3/p+1. The summed E-state index contributed by atoms with van der Waals surface area (Å²) < 4.78 is 5.72. The van der Waals surface area contributed by atoms with Gasteiger partial charge in [-0.15, -0.1) is 0 Å². The van der Waals surface area contributed by atoms with Gasteiger partial charge in [-0.25, -0.2) is 4.98 Å². The highest BCUT2D eigenvalue weighted by molar-refractivity contribution is 5.60. The van der Waals surface area contributed by atoms with Crippen LogP contribution in [0.25, 0.3) is 0 Å². The molecule has 6 nitrogen and oxygen atoms in total. The summed E-state index contributed by atoms with van der Waals surface area (Å²) in [7, 11) is 2.17. The van der Waals surface area contributed by atoms with E-state index in [4.69, 9.17) is 10.2 Å². The molecule has 0 aliphatic carbocycles. The molecular formula is C14H20N5O+. The van der Waals surface area contributed by atoms with Gasteiger partial charge in [-0.1, -0.05) is 6.92 Å². The summed E-state index contributed by atoms with van der Waals surface area (Å²) >= 11 is 0. The van der Waals surface area contributed by atoms with Crippen LogP contribution in [0.1, 0.15) is 31.4 Å². The van der Waals surface area contributed by atoms with Crippen LogP contribution in [0.5, 0.6) is 0 Å². The number of oxazole rings is 1. The highest BCUT2D eigenvalue weighted by Crippen LogP contribution is 2.46. The molecule has 0 radical (unpaired) electrons. The second-order valence-corrected chi connectivity index (χ2v) is 5.70. The summed E-state index contributed by atoms with van der Waals surface area (Å²) in [5.41, 5.74) is 7.17. The van der Waals surface area contributed by atoms with Crippen molar-refractivity contribution in [2.24, 2.45) is 5.73 Å². The summed E-state index contributed by atoms with van der Waals surface area (Å²) in [5.74, 6) is 1.73. The SMILES string of the molecule is CCc1nc2c(o1)NC(N)=C(C#N)C21CC[NH+](C)CC1. The van der Waals surface area contributed by atoms with Crippen molar-refractivity contribution in [1.82, 2.24) is 4.98 Å². The highest BCUT2D eigenvalue weighted by Gasteiger charge is 2.49. The van der Waals surface area contributed by atoms with Gasteiger partial charge in [-0.05, 0) is 0 Å². The number of rotatable bonds is 1. The second-order valence-electron chi connectivity index (χ2n) is 5.70. The van der Waals surface area contributed by atoms with E-state index in [0.717, 1.165) is 38.0 Å². The third kappa shape index (κ3) is 1.70. The number of allylic oxidation sites excluding steroid dienone is 1. The molecule has 0 bridgehead atoms. The molecule has 1 spiro atoms. The monoisotopic (exact) mass is 274 g/mol. The zero-order valence-electron chi connectivity index (χ0n) is 11.9. The van der Waals surface area contributed by atoms with Crippen LogP contribution >= 0.6 is 0 Å². The lowest BCUT2D eigenvalue weighted by atomic mass is 9.69. The number of nitrogens with one attached hydrogen (secondary N) is 2. The molecule has 6 heteroatoms. The molecule has 4 N–H and O–H groups in total. The van der Waals surface area contributed by atoms with Crippen LogP contribution in [0.4, 0.5) is 5.88 Å². The Hall–Kier alpha value is -2.00. The first-order valence-corrected chi connectivity index (χ1v) is 7.09. The molecule has 106 valence electrons. The molecule has 2 aliphatic heterocycles. The molecule has 20 heavy (non-hydrogen) atoms. The maximum absolute atomic E-state index is 9.54. The minimum Gasteiger partial charge on any atom is -0.425 e. The quantitative estimate of drug-likeness (QED) is 0.665. The predicted octanol–water partition coefficient (Wildman–Crippen LogP) is -0.0973. The first-order chi connectivity index (χ1) is 9.60. The van der Waals surface area contributed by atoms with Crippen molar-refractivity contribution in [2.45, 2.75) is 31.6 Å². The van der Waals surface area contributed by atoms with Gasteiger partial charge < -0.3 is 20.4 Å². The van der Waals surface area contributed by atoms with Gasteiger partial charge in [-0.3, -0.25) is 0 Å². The van der Waals surface area contributed by atoms with Gasteiger partial charge in [0.15, 0.2) is 5.89 Å². The second kappa shape index (κ2) is 4.53. The number of aromatic nitrogens is 1. The maximum atomic E-state index is 9.54. The third-order valence-corrected chi connectivity index (χ3v) is 4.49. The summed E-state index contributed by atoms with van der Waals surface area (Å²) in [4.78, 5) is 6.10. The average Bonchev–Trinajstić information content (AvgIpc) is 2.86. The van der Waals surface area contributed by atoms with E-state index in [9.17, 15) is 5.26 Å². The average molecular weight is 274 g/mol. The van der Waals surface area contributed by atoms with Gasteiger partial charge in [-0.2, -0.15) is 5.26 Å². The molecule has 3 heterocycles. The smallest absolute Gasteiger partial charge is 0.223 e. The molecule has 0 aromatic carbocycles. The van der Waals surface area contributed by atoms with Gasteiger partial charge in [0.25, 0.3) is 0 Å². The maximum Gasteiger partial charge on any atom is 0.223 e. The van der Waals surface area contributed by atoms with Crippen LogP contribution in [-0.2, 0) is 11.8 Å². The Morgan fingerprint density at radius 3 is 2.80 bits per heavy atom. The Bertz CT molecular complexity index is 602. The number of nitrogens with two attached hydrogens (primary N) is 1. The molecule has 1 fully saturated rings. The summed E-state index contributed by atoms with van der Waals surface area (Å²) in [6, 6.07) is 2.30. The van der Waals surface area contributed by atoms with E-state index in [1.54, 1.807) is 0 Å². The van der Waals surface area contributed by atoms with Gasteiger partial charge >= 0.3 is 0 Å². The summed E-state index contributed by atoms with van der Waals surface area (Å²) in [6.45, 7) is 4.02. The number of hydrogen-bond donors (Lipinski definition) is 3. The lowest BCUT2D eigenvalue weighted by Crippen LogP contribution is -3.10. The van der Waals surface area contributed by atoms with E-state index < -0.39 is 0 Å². The first kappa shape index (κ1) is 13.0. The molecule has 0 unspecified atom stereocenters. The number of hydrogen-bond acceptors (Lipinski definition) is 5. The van der Waals surface area contributed by atoms with Crippen molar-refractivity contribution in [3.8, 4) is 6.07 Å². The number of quaternary nitrogens is 1. The van der Waals surface area contributed by atoms with Crippen LogP contribution in [0, 0.1) is 11.3 Å². The van der Waals surface area contributed by atoms with E-state index in [1.165, 1.54) is 4.90 Å². The summed E-state index contributed by atoms with van der Waals surface area (Å²) in [5, 5.41) is 12.5. The minimum absolute atomic E-state index is 0.365. The first-order valence-electron chi connectivity index (χ1n) is 7.09. The van der Waals surface area contributed by atoms with Crippen LogP contribution in [-0.4, -0.2) is 25.1 Å². The van der Waals surface area contributed by atoms with Gasteiger partial charge in [0.2, 0.25) is 5.88 Å². The molecule has 0 atom stereocenters. The number of piperidine rings is 1. The normalized spacial score (nSPS) is 28.9. The van der Waals surface area contributed by atoms with Gasteiger partial charge in [0.1, 0.15) is 11.5 Å². The number of nitrogens with zero attached hydrogens (tertiary/aromatic N) is 2. The number of nitriles is 1. The molecule has 2 aliphatic rings. The van der Waals surface area contributed by atoms with Gasteiger partial charge in [0, 0.05) is 19.3 Å². The van der Waals surface area contributed by atoms with E-state index in [2.05, 4.69) is 23.4 Å². The zero-order valence-corrected chi connectivity index (χ0v) is 11.9. The van der Waals surface area contributed by atoms with Crippen LogP contribution in [0.15, 0.2) is 15.8 Å². The Kier molecular flexibility index (Phi) is 2.94. The number of aryl methyl sites for hydroxylation is 1. The van der Waals surface area contributed by atoms with E-state index in [0.29, 0.717) is 23.2 Å². The third-order valence-electron chi connectivity index (χ3n) is 4.49. The van der Waals surface area contributed by atoms with E-state index in [-0.39, 0.29) is 5.41 Å². The largest absolute Gasteiger partial charge is 0.425 e. The van der Waals surface area contributed by atoms with Crippen LogP contribution < -0.4 is 16.0 Å². The number of likely N-dealkylation sites (tertiary alicyclic amines) is 1. The van der Waals surface area contributed by atoms with Crippen molar-refractivity contribution in [3.05, 3.63) is 23.0 Å². The molecular weight excluding hydrogens is 254 g/mol. The minimum atomic E-state index is -0.365. The van der Waals surface area contributed by atoms with Gasteiger partial charge in [0.05, 0.1) is 37.2 Å². The Labute approximate surface area is 118 Å². The number of fused-ring (bicyclic) bond motifs is 2. The van der Waals surface area contributed by atoms with Crippen molar-refractivity contribution in [3.63, 3.8) is 0 Å². The predicted molar refractivity (Wildman–Crippen MR) is 73.9 cm³/mol. The van der Waals surface area contributed by atoms with Crippen molar-refractivity contribution in [2.75, 3.05) is 25.5 Å². The van der Waals surface area contributed by atoms with Crippen molar-refractivity contribution >= 4 is 5.88 Å². The lowest BCUT2D eigenvalue weighted by Gasteiger charge is -2.39. The van der Waals surface area contributed by atoms with E-state index >= 15 is 0 Å². The highest BCUT2D eigenvalue weighted by atomic mass is 16.4. The molecule has 1 aromatic heterocycles. The fraction of sp³-hybridized carbons (Fsp3) is 0.571. The Morgan fingerprint density at radius 2 is 2.20 bits per heavy atom. The molecule has 3 rings (SSSR count). The fourth-order valence-electron chi connectivity index (χ4n) is 3.24. The van der Waals surface area contributed by atoms with Crippen molar-refractivity contribution in [1.29, 1.82) is 5.26 Å². The number of anilines is 1. The Balaban J connectivity index is 2.14. The van der Waals surface area contributed by atoms with Crippen LogP contribution in [0.3, 0.4) is 0 Å². The molecule has 0 saturated carbocycles. The molecule has 1 aromatic rings.